The van der Waals surface area contributed by atoms with Gasteiger partial charge in [-0.25, -0.2) is 0 Å². The van der Waals surface area contributed by atoms with E-state index >= 15 is 0 Å². The summed E-state index contributed by atoms with van der Waals surface area (Å²) in [7, 11) is 0. The number of fused-ring (bicyclic) bond motifs is 1. The van der Waals surface area contributed by atoms with Gasteiger partial charge in [0, 0.05) is 16.7 Å². The SMILES string of the molecule is OC1NCc2ccc(Br)cc2N1. The molecule has 1 aliphatic rings. The first-order chi connectivity index (χ1) is 5.75. The summed E-state index contributed by atoms with van der Waals surface area (Å²) >= 11 is 3.37. The zero-order chi connectivity index (χ0) is 8.55. The fourth-order valence-corrected chi connectivity index (χ4v) is 1.60. The number of anilines is 1. The highest BCUT2D eigenvalue weighted by atomic mass is 79.9. The van der Waals surface area contributed by atoms with Gasteiger partial charge in [-0.15, -0.1) is 0 Å². The maximum atomic E-state index is 9.21. The molecule has 0 bridgehead atoms. The van der Waals surface area contributed by atoms with Gasteiger partial charge in [0.15, 0.2) is 6.35 Å². The molecule has 1 aliphatic heterocycles. The van der Waals surface area contributed by atoms with Gasteiger partial charge >= 0.3 is 0 Å². The van der Waals surface area contributed by atoms with Crippen molar-refractivity contribution in [1.82, 2.24) is 5.32 Å². The summed E-state index contributed by atoms with van der Waals surface area (Å²) in [5.41, 5.74) is 2.15. The molecule has 3 nitrogen and oxygen atoms in total. The standard InChI is InChI=1S/C8H9BrN2O/c9-6-2-1-5-4-10-8(12)11-7(5)3-6/h1-3,8,10-12H,4H2. The normalized spacial score (nSPS) is 21.3. The fourth-order valence-electron chi connectivity index (χ4n) is 1.24. The van der Waals surface area contributed by atoms with Crippen LogP contribution in [0.2, 0.25) is 0 Å². The molecule has 4 heteroatoms. The zero-order valence-electron chi connectivity index (χ0n) is 6.34. The quantitative estimate of drug-likeness (QED) is 0.627. The van der Waals surface area contributed by atoms with Crippen molar-refractivity contribution in [1.29, 1.82) is 0 Å². The minimum Gasteiger partial charge on any atom is -0.361 e. The van der Waals surface area contributed by atoms with Crippen molar-refractivity contribution in [3.05, 3.63) is 28.2 Å². The minimum atomic E-state index is -0.633. The zero-order valence-corrected chi connectivity index (χ0v) is 7.93. The first-order valence-electron chi connectivity index (χ1n) is 3.72. The Balaban J connectivity index is 2.37. The van der Waals surface area contributed by atoms with Gasteiger partial charge in [-0.2, -0.15) is 0 Å². The fraction of sp³-hybridized carbons (Fsp3) is 0.250. The van der Waals surface area contributed by atoms with E-state index in [0.717, 1.165) is 10.2 Å². The Labute approximate surface area is 78.9 Å². The molecule has 0 aliphatic carbocycles. The Morgan fingerprint density at radius 1 is 1.50 bits per heavy atom. The van der Waals surface area contributed by atoms with Crippen molar-refractivity contribution in [2.75, 3.05) is 5.32 Å². The predicted octanol–water partition coefficient (Wildman–Crippen LogP) is 1.24. The first kappa shape index (κ1) is 8.04. The second-order valence-corrected chi connectivity index (χ2v) is 3.64. The van der Waals surface area contributed by atoms with Gasteiger partial charge in [0.05, 0.1) is 0 Å². The lowest BCUT2D eigenvalue weighted by molar-refractivity contribution is 0.158. The van der Waals surface area contributed by atoms with Gasteiger partial charge < -0.3 is 10.4 Å². The van der Waals surface area contributed by atoms with E-state index in [1.807, 2.05) is 18.2 Å². The summed E-state index contributed by atoms with van der Waals surface area (Å²) in [5, 5.41) is 15.0. The first-order valence-corrected chi connectivity index (χ1v) is 4.51. The highest BCUT2D eigenvalue weighted by Gasteiger charge is 2.13. The third-order valence-electron chi connectivity index (χ3n) is 1.85. The van der Waals surface area contributed by atoms with Gasteiger partial charge in [0.1, 0.15) is 0 Å². The van der Waals surface area contributed by atoms with Crippen LogP contribution in [0.3, 0.4) is 0 Å². The molecular weight excluding hydrogens is 220 g/mol. The average Bonchev–Trinajstić information content (AvgIpc) is 2.03. The van der Waals surface area contributed by atoms with Crippen LogP contribution in [0.25, 0.3) is 0 Å². The van der Waals surface area contributed by atoms with Crippen LogP contribution in [0.15, 0.2) is 22.7 Å². The molecule has 12 heavy (non-hydrogen) atoms. The highest BCUT2D eigenvalue weighted by Crippen LogP contribution is 2.23. The molecule has 2 rings (SSSR count). The van der Waals surface area contributed by atoms with E-state index in [9.17, 15) is 5.11 Å². The number of aliphatic hydroxyl groups excluding tert-OH is 1. The summed E-state index contributed by atoms with van der Waals surface area (Å²) in [6.45, 7) is 0.705. The Hall–Kier alpha value is -0.580. The molecule has 3 N–H and O–H groups in total. The smallest absolute Gasteiger partial charge is 0.181 e. The van der Waals surface area contributed by atoms with Crippen LogP contribution in [-0.4, -0.2) is 11.5 Å². The molecule has 0 radical (unpaired) electrons. The molecule has 1 unspecified atom stereocenters. The number of halogens is 1. The van der Waals surface area contributed by atoms with Crippen LogP contribution in [0, 0.1) is 0 Å². The maximum Gasteiger partial charge on any atom is 0.181 e. The molecule has 1 aromatic rings. The lowest BCUT2D eigenvalue weighted by atomic mass is 10.1. The van der Waals surface area contributed by atoms with Crippen molar-refractivity contribution < 1.29 is 5.11 Å². The second kappa shape index (κ2) is 3.05. The van der Waals surface area contributed by atoms with Crippen molar-refractivity contribution >= 4 is 21.6 Å². The van der Waals surface area contributed by atoms with Crippen molar-refractivity contribution in [3.8, 4) is 0 Å². The predicted molar refractivity (Wildman–Crippen MR) is 50.6 cm³/mol. The largest absolute Gasteiger partial charge is 0.361 e. The number of aliphatic hydroxyl groups is 1. The monoisotopic (exact) mass is 228 g/mol. The van der Waals surface area contributed by atoms with Gasteiger partial charge in [0.25, 0.3) is 0 Å². The summed E-state index contributed by atoms with van der Waals surface area (Å²) in [6, 6.07) is 5.96. The molecule has 1 heterocycles. The van der Waals surface area contributed by atoms with E-state index in [1.54, 1.807) is 0 Å². The van der Waals surface area contributed by atoms with E-state index in [4.69, 9.17) is 0 Å². The molecule has 64 valence electrons. The molecular formula is C8H9BrN2O. The van der Waals surface area contributed by atoms with E-state index in [0.29, 0.717) is 6.54 Å². The summed E-state index contributed by atoms with van der Waals surface area (Å²) < 4.78 is 1.02. The van der Waals surface area contributed by atoms with E-state index in [-0.39, 0.29) is 0 Å². The summed E-state index contributed by atoms with van der Waals surface area (Å²) in [6.07, 6.45) is -0.633. The number of hydrogen-bond donors (Lipinski definition) is 3. The third-order valence-corrected chi connectivity index (χ3v) is 2.34. The van der Waals surface area contributed by atoms with Crippen LogP contribution in [0.4, 0.5) is 5.69 Å². The van der Waals surface area contributed by atoms with Crippen LogP contribution in [0.5, 0.6) is 0 Å². The molecule has 0 saturated carbocycles. The molecule has 0 spiro atoms. The Kier molecular flexibility index (Phi) is 2.04. The van der Waals surface area contributed by atoms with E-state index in [2.05, 4.69) is 26.6 Å². The highest BCUT2D eigenvalue weighted by molar-refractivity contribution is 9.10. The van der Waals surface area contributed by atoms with E-state index < -0.39 is 6.35 Å². The summed E-state index contributed by atoms with van der Waals surface area (Å²) in [5.74, 6) is 0. The summed E-state index contributed by atoms with van der Waals surface area (Å²) in [4.78, 5) is 0. The van der Waals surface area contributed by atoms with Gasteiger partial charge in [0.2, 0.25) is 0 Å². The van der Waals surface area contributed by atoms with E-state index in [1.165, 1.54) is 5.56 Å². The Morgan fingerprint density at radius 3 is 3.17 bits per heavy atom. The molecule has 0 fully saturated rings. The van der Waals surface area contributed by atoms with Crippen molar-refractivity contribution in [3.63, 3.8) is 0 Å². The Morgan fingerprint density at radius 2 is 2.33 bits per heavy atom. The lowest BCUT2D eigenvalue weighted by Gasteiger charge is -2.24. The van der Waals surface area contributed by atoms with Crippen molar-refractivity contribution in [2.45, 2.75) is 12.9 Å². The third kappa shape index (κ3) is 1.46. The van der Waals surface area contributed by atoms with Crippen LogP contribution in [0.1, 0.15) is 5.56 Å². The number of nitrogens with one attached hydrogen (secondary N) is 2. The minimum absolute atomic E-state index is 0.633. The number of hydrogen-bond acceptors (Lipinski definition) is 3. The van der Waals surface area contributed by atoms with Crippen molar-refractivity contribution in [2.24, 2.45) is 0 Å². The number of rotatable bonds is 0. The second-order valence-electron chi connectivity index (χ2n) is 2.73. The molecule has 0 amide bonds. The molecule has 1 atom stereocenters. The number of benzene rings is 1. The Bertz CT molecular complexity index is 303. The van der Waals surface area contributed by atoms with Crippen LogP contribution in [-0.2, 0) is 6.54 Å². The molecule has 1 aromatic carbocycles. The van der Waals surface area contributed by atoms with Crippen LogP contribution < -0.4 is 10.6 Å². The maximum absolute atomic E-state index is 9.21. The topological polar surface area (TPSA) is 44.3 Å². The van der Waals surface area contributed by atoms with Gasteiger partial charge in [-0.3, -0.25) is 5.32 Å². The van der Waals surface area contributed by atoms with Crippen LogP contribution >= 0.6 is 15.9 Å². The average molecular weight is 229 g/mol. The van der Waals surface area contributed by atoms with Gasteiger partial charge in [-0.1, -0.05) is 22.0 Å². The molecule has 0 aromatic heterocycles. The molecule has 0 saturated heterocycles. The lowest BCUT2D eigenvalue weighted by Crippen LogP contribution is -2.39. The van der Waals surface area contributed by atoms with Gasteiger partial charge in [-0.05, 0) is 17.7 Å².